The van der Waals surface area contributed by atoms with E-state index in [1.807, 2.05) is 12.1 Å². The van der Waals surface area contributed by atoms with E-state index in [4.69, 9.17) is 10.5 Å². The number of ether oxygens (including phenoxy) is 1. The van der Waals surface area contributed by atoms with Gasteiger partial charge >= 0.3 is 0 Å². The van der Waals surface area contributed by atoms with Gasteiger partial charge in [-0.3, -0.25) is 0 Å². The van der Waals surface area contributed by atoms with Crippen LogP contribution in [-0.2, 0) is 0 Å². The zero-order chi connectivity index (χ0) is 11.7. The number of halogens is 1. The fraction of sp³-hybridized carbons (Fsp3) is 0.538. The number of nitrogens with two attached hydrogens (primary N) is 1. The van der Waals surface area contributed by atoms with Crippen molar-refractivity contribution in [3.8, 4) is 5.75 Å². The van der Waals surface area contributed by atoms with E-state index in [9.17, 15) is 0 Å². The summed E-state index contributed by atoms with van der Waals surface area (Å²) in [6.07, 6.45) is 2.25. The van der Waals surface area contributed by atoms with Crippen LogP contribution in [0.3, 0.4) is 0 Å². The second-order valence-electron chi connectivity index (χ2n) is 4.89. The lowest BCUT2D eigenvalue weighted by Crippen LogP contribution is -2.30. The van der Waals surface area contributed by atoms with Crippen LogP contribution in [0.15, 0.2) is 22.7 Å². The fourth-order valence-corrected chi connectivity index (χ4v) is 2.56. The van der Waals surface area contributed by atoms with Crippen molar-refractivity contribution in [2.24, 2.45) is 11.7 Å². The lowest BCUT2D eigenvalue weighted by atomic mass is 9.93. The molecule has 0 fully saturated rings. The summed E-state index contributed by atoms with van der Waals surface area (Å²) in [6.45, 7) is 4.43. The molecule has 0 aromatic heterocycles. The first-order chi connectivity index (χ1) is 7.56. The van der Waals surface area contributed by atoms with Crippen LogP contribution >= 0.6 is 15.9 Å². The lowest BCUT2D eigenvalue weighted by molar-refractivity contribution is 0.136. The quantitative estimate of drug-likeness (QED) is 0.899. The van der Waals surface area contributed by atoms with Crippen molar-refractivity contribution in [2.75, 3.05) is 0 Å². The average Bonchev–Trinajstić information content (AvgIpc) is 2.15. The summed E-state index contributed by atoms with van der Waals surface area (Å²) in [5.74, 6) is 1.59. The minimum absolute atomic E-state index is 0.112. The zero-order valence-electron chi connectivity index (χ0n) is 9.74. The third-order valence-electron chi connectivity index (χ3n) is 2.92. The summed E-state index contributed by atoms with van der Waals surface area (Å²) in [7, 11) is 0. The molecule has 0 spiro atoms. The normalized spacial score (nSPS) is 24.1. The largest absolute Gasteiger partial charge is 0.490 e. The van der Waals surface area contributed by atoms with Gasteiger partial charge in [0.2, 0.25) is 0 Å². The molecule has 1 aliphatic heterocycles. The highest BCUT2D eigenvalue weighted by Crippen LogP contribution is 2.36. The molecule has 1 unspecified atom stereocenters. The molecule has 2 N–H and O–H groups in total. The number of benzene rings is 1. The monoisotopic (exact) mass is 283 g/mol. The molecule has 2 atom stereocenters. The van der Waals surface area contributed by atoms with Crippen molar-refractivity contribution in [1.82, 2.24) is 0 Å². The minimum atomic E-state index is 0.112. The molecule has 0 bridgehead atoms. The molecule has 0 amide bonds. The second kappa shape index (κ2) is 4.76. The zero-order valence-corrected chi connectivity index (χ0v) is 11.3. The molecule has 0 radical (unpaired) electrons. The molecule has 0 saturated carbocycles. The molecule has 2 rings (SSSR count). The summed E-state index contributed by atoms with van der Waals surface area (Å²) < 4.78 is 7.03. The molecule has 0 saturated heterocycles. The van der Waals surface area contributed by atoms with E-state index < -0.39 is 0 Å². The van der Waals surface area contributed by atoms with Crippen molar-refractivity contribution in [3.63, 3.8) is 0 Å². The Hall–Kier alpha value is -0.540. The molecule has 1 aromatic carbocycles. The molecule has 2 nitrogen and oxygen atoms in total. The van der Waals surface area contributed by atoms with E-state index in [0.717, 1.165) is 28.6 Å². The maximum atomic E-state index is 6.17. The Morgan fingerprint density at radius 1 is 1.50 bits per heavy atom. The van der Waals surface area contributed by atoms with Crippen LogP contribution in [0.2, 0.25) is 0 Å². The molecule has 16 heavy (non-hydrogen) atoms. The van der Waals surface area contributed by atoms with Gasteiger partial charge in [-0.25, -0.2) is 0 Å². The lowest BCUT2D eigenvalue weighted by Gasteiger charge is -2.31. The van der Waals surface area contributed by atoms with Gasteiger partial charge in [-0.15, -0.1) is 0 Å². The van der Waals surface area contributed by atoms with Crippen molar-refractivity contribution < 1.29 is 4.74 Å². The van der Waals surface area contributed by atoms with Gasteiger partial charge in [0.25, 0.3) is 0 Å². The summed E-state index contributed by atoms with van der Waals surface area (Å²) in [4.78, 5) is 0. The van der Waals surface area contributed by atoms with Crippen LogP contribution in [-0.4, -0.2) is 6.10 Å². The van der Waals surface area contributed by atoms with Gasteiger partial charge in [-0.1, -0.05) is 35.8 Å². The van der Waals surface area contributed by atoms with Gasteiger partial charge in [0, 0.05) is 22.5 Å². The Morgan fingerprint density at radius 3 is 2.94 bits per heavy atom. The molecular weight excluding hydrogens is 266 g/mol. The summed E-state index contributed by atoms with van der Waals surface area (Å²) in [5.41, 5.74) is 7.30. The second-order valence-corrected chi connectivity index (χ2v) is 5.81. The number of hydrogen-bond donors (Lipinski definition) is 1. The molecular formula is C13H18BrNO. The Morgan fingerprint density at radius 2 is 2.25 bits per heavy atom. The third kappa shape index (κ3) is 2.58. The van der Waals surface area contributed by atoms with Crippen LogP contribution in [0.4, 0.5) is 0 Å². The first-order valence-corrected chi connectivity index (χ1v) is 6.57. The van der Waals surface area contributed by atoms with Gasteiger partial charge in [0.15, 0.2) is 0 Å². The van der Waals surface area contributed by atoms with Crippen molar-refractivity contribution in [1.29, 1.82) is 0 Å². The van der Waals surface area contributed by atoms with Gasteiger partial charge in [-0.05, 0) is 24.5 Å². The maximum absolute atomic E-state index is 6.17. The van der Waals surface area contributed by atoms with Crippen molar-refractivity contribution in [2.45, 2.75) is 38.8 Å². The topological polar surface area (TPSA) is 35.2 Å². The van der Waals surface area contributed by atoms with E-state index >= 15 is 0 Å². The predicted molar refractivity (Wildman–Crippen MR) is 69.6 cm³/mol. The summed E-state index contributed by atoms with van der Waals surface area (Å²) in [6, 6.07) is 6.20. The molecule has 88 valence electrons. The standard InChI is InChI=1S/C13H18BrNO/c1-8(2)5-10-7-12(15)11-4-3-9(14)6-13(11)16-10/h3-4,6,8,10,12H,5,7,15H2,1-2H3/t10?,12-/m1/s1. The minimum Gasteiger partial charge on any atom is -0.490 e. The first kappa shape index (κ1) is 11.9. The highest BCUT2D eigenvalue weighted by Gasteiger charge is 2.26. The van der Waals surface area contributed by atoms with E-state index in [1.165, 1.54) is 0 Å². The SMILES string of the molecule is CC(C)CC1C[C@@H](N)c2ccc(Br)cc2O1. The van der Waals surface area contributed by atoms with Crippen LogP contribution in [0.25, 0.3) is 0 Å². The highest BCUT2D eigenvalue weighted by atomic mass is 79.9. The van der Waals surface area contributed by atoms with Crippen molar-refractivity contribution in [3.05, 3.63) is 28.2 Å². The predicted octanol–water partition coefficient (Wildman–Crippen LogP) is 3.65. The van der Waals surface area contributed by atoms with Gasteiger partial charge in [-0.2, -0.15) is 0 Å². The van der Waals surface area contributed by atoms with E-state index in [1.54, 1.807) is 0 Å². The van der Waals surface area contributed by atoms with Crippen molar-refractivity contribution >= 4 is 15.9 Å². The molecule has 1 aliphatic rings. The Bertz CT molecular complexity index is 378. The Kier molecular flexibility index (Phi) is 3.55. The maximum Gasteiger partial charge on any atom is 0.125 e. The number of hydrogen-bond acceptors (Lipinski definition) is 2. The van der Waals surface area contributed by atoms with Gasteiger partial charge < -0.3 is 10.5 Å². The van der Waals surface area contributed by atoms with Crippen LogP contribution < -0.4 is 10.5 Å². The number of rotatable bonds is 2. The summed E-state index contributed by atoms with van der Waals surface area (Å²) >= 11 is 3.46. The van der Waals surface area contributed by atoms with E-state index in [2.05, 4.69) is 35.8 Å². The Labute approximate surface area is 105 Å². The summed E-state index contributed by atoms with van der Waals surface area (Å²) in [5, 5.41) is 0. The van der Waals surface area contributed by atoms with E-state index in [-0.39, 0.29) is 12.1 Å². The molecule has 0 aliphatic carbocycles. The first-order valence-electron chi connectivity index (χ1n) is 5.78. The fourth-order valence-electron chi connectivity index (χ4n) is 2.22. The highest BCUT2D eigenvalue weighted by molar-refractivity contribution is 9.10. The third-order valence-corrected chi connectivity index (χ3v) is 3.41. The van der Waals surface area contributed by atoms with Crippen LogP contribution in [0.1, 0.15) is 38.3 Å². The average molecular weight is 284 g/mol. The van der Waals surface area contributed by atoms with E-state index in [0.29, 0.717) is 5.92 Å². The van der Waals surface area contributed by atoms with Gasteiger partial charge in [0.05, 0.1) is 0 Å². The van der Waals surface area contributed by atoms with Gasteiger partial charge in [0.1, 0.15) is 11.9 Å². The Balaban J connectivity index is 2.20. The molecule has 3 heteroatoms. The van der Waals surface area contributed by atoms with Crippen LogP contribution in [0, 0.1) is 5.92 Å². The van der Waals surface area contributed by atoms with Crippen LogP contribution in [0.5, 0.6) is 5.75 Å². The smallest absolute Gasteiger partial charge is 0.125 e. The molecule has 1 aromatic rings. The molecule has 1 heterocycles. The number of fused-ring (bicyclic) bond motifs is 1.